The standard InChI is InChI=1S/C22H47N7O9.7ClH/c1-8-12(28)18(33-4-2-23)20(34-5-3-24)22(35-8)38-19-14(30)9(26)6-10(27)17(19)37-21-13(29)16(32)15(31)11(7-25)36-21;;;;;;;/h8-22,30-32H,2-7,23-29H2,1H3;7*1H/t8-,9-,10+,11-,12-,13-,14+,15-,16-,17-,18+,19-,20-,21-,22+;;;;;;;/m1......./s1. The zero-order chi connectivity index (χ0) is 28.1. The molecule has 1 saturated carbocycles. The first-order valence-corrected chi connectivity index (χ1v) is 13.6. The van der Waals surface area contributed by atoms with Gasteiger partial charge in [0.1, 0.15) is 79.6 Å². The summed E-state index contributed by atoms with van der Waals surface area (Å²) in [6.45, 7) is 4.01. The van der Waals surface area contributed by atoms with Crippen LogP contribution in [-0.2, 0) is 28.4 Å². The minimum atomic E-state index is -1.17. The van der Waals surface area contributed by atoms with Gasteiger partial charge in [-0.05, 0) is 6.92 Å². The maximum Gasteiger partial charge on any atom is 0.214 e. The van der Waals surface area contributed by atoms with E-state index < -0.39 is 67.5 Å². The Morgan fingerprint density at radius 3 is 1.62 bits per heavy atom. The molecule has 0 unspecified atom stereocenters. The molecule has 2 heterocycles. The average Bonchev–Trinajstić information content (AvgIpc) is 2.89. The summed E-state index contributed by atoms with van der Waals surface area (Å²) in [5.41, 5.74) is 28.0. The number of hydrogen-bond donors (Lipinski definition) is 10. The monoisotopic (exact) mass is 805 g/mol. The molecule has 0 amide bonds. The summed E-state index contributed by atoms with van der Waals surface area (Å²) < 4.78 is 37.1. The van der Waals surface area contributed by atoms with E-state index in [0.717, 1.165) is 0 Å². The van der Waals surface area contributed by atoms with Crippen LogP contribution >= 0.6 is 0 Å². The SMILES string of the molecule is C[C@H]1O[C@@H](O[C@@H]2[C@@H](O)[C@H]([NH3+])C[C@H]([NH3+])[C@H]2O[C@H]2O[C@H](C[NH3+])[C@@H](O)[C@H](O)[C@H]2[NH3+])[C@H](OCC[NH3+])[C@@H](OCC[NH3+])[C@@H]1[NH3+].[Cl-].[Cl-].[Cl-].[Cl-].[Cl-].[Cl-].[Cl-]. The molecule has 45 heavy (non-hydrogen) atoms. The van der Waals surface area contributed by atoms with Gasteiger partial charge in [0, 0.05) is 0 Å². The van der Waals surface area contributed by atoms with Crippen molar-refractivity contribution >= 4 is 0 Å². The predicted octanol–water partition coefficient (Wildman–Crippen LogP) is -32.3. The highest BCUT2D eigenvalue weighted by Gasteiger charge is 2.55. The Bertz CT molecular complexity index is 744. The third-order valence-electron chi connectivity index (χ3n) is 7.78. The van der Waals surface area contributed by atoms with Crippen molar-refractivity contribution in [2.75, 3.05) is 32.8 Å². The molecule has 0 radical (unpaired) electrons. The minimum absolute atomic E-state index is 0. The van der Waals surface area contributed by atoms with Crippen LogP contribution in [0.5, 0.6) is 0 Å². The molecule has 280 valence electrons. The van der Waals surface area contributed by atoms with Gasteiger partial charge in [-0.25, -0.2) is 0 Å². The van der Waals surface area contributed by atoms with Crippen molar-refractivity contribution in [3.8, 4) is 0 Å². The highest BCUT2D eigenvalue weighted by Crippen LogP contribution is 2.31. The van der Waals surface area contributed by atoms with Crippen LogP contribution in [0.15, 0.2) is 0 Å². The van der Waals surface area contributed by atoms with Gasteiger partial charge in [-0.15, -0.1) is 0 Å². The topological polar surface area (TPSA) is 310 Å². The Kier molecular flexibility index (Phi) is 32.5. The zero-order valence-corrected chi connectivity index (χ0v) is 30.6. The van der Waals surface area contributed by atoms with Gasteiger partial charge in [-0.3, -0.25) is 0 Å². The molecule has 3 fully saturated rings. The summed E-state index contributed by atoms with van der Waals surface area (Å²) >= 11 is 0. The first-order chi connectivity index (χ1) is 18.0. The largest absolute Gasteiger partial charge is 1.00 e. The number of quaternary nitrogens is 7. The smallest absolute Gasteiger partial charge is 0.214 e. The Morgan fingerprint density at radius 2 is 1.11 bits per heavy atom. The van der Waals surface area contributed by atoms with E-state index in [1.54, 1.807) is 0 Å². The fourth-order valence-corrected chi connectivity index (χ4v) is 5.40. The molecule has 0 aromatic carbocycles. The average molecular weight is 809 g/mol. The van der Waals surface area contributed by atoms with Crippen LogP contribution in [-0.4, -0.2) is 140 Å². The number of rotatable bonds is 11. The molecule has 2 saturated heterocycles. The minimum Gasteiger partial charge on any atom is -1.00 e. The number of halogens is 7. The van der Waals surface area contributed by atoms with Crippen molar-refractivity contribution in [1.29, 1.82) is 0 Å². The lowest BCUT2D eigenvalue weighted by atomic mass is 9.84. The molecular formula is C22H54Cl7N7O9. The fourth-order valence-electron chi connectivity index (χ4n) is 5.40. The van der Waals surface area contributed by atoms with Crippen LogP contribution < -0.4 is 127 Å². The molecule has 16 nitrogen and oxygen atoms in total. The second-order valence-corrected chi connectivity index (χ2v) is 10.7. The molecule has 0 aromatic heterocycles. The Hall–Kier alpha value is 1.39. The van der Waals surface area contributed by atoms with E-state index in [9.17, 15) is 15.3 Å². The fraction of sp³-hybridized carbons (Fsp3) is 1.00. The van der Waals surface area contributed by atoms with Gasteiger partial charge in [-0.2, -0.15) is 0 Å². The molecular weight excluding hydrogens is 754 g/mol. The number of aliphatic hydroxyl groups is 3. The second-order valence-electron chi connectivity index (χ2n) is 10.7. The third-order valence-corrected chi connectivity index (χ3v) is 7.78. The predicted molar refractivity (Wildman–Crippen MR) is 125 cm³/mol. The molecule has 2 aliphatic heterocycles. The summed E-state index contributed by atoms with van der Waals surface area (Å²) in [5, 5.41) is 32.1. The van der Waals surface area contributed by atoms with Crippen molar-refractivity contribution in [2.24, 2.45) is 0 Å². The zero-order valence-electron chi connectivity index (χ0n) is 25.3. The summed E-state index contributed by atoms with van der Waals surface area (Å²) in [7, 11) is 0. The van der Waals surface area contributed by atoms with Gasteiger partial charge >= 0.3 is 0 Å². The van der Waals surface area contributed by atoms with Crippen molar-refractivity contribution < 1.29 is 171 Å². The van der Waals surface area contributed by atoms with Gasteiger partial charge in [0.2, 0.25) is 6.29 Å². The Balaban J connectivity index is -0.000000762. The van der Waals surface area contributed by atoms with Crippen molar-refractivity contribution in [2.45, 2.75) is 105 Å². The van der Waals surface area contributed by atoms with Crippen LogP contribution in [0.3, 0.4) is 0 Å². The molecule has 0 aromatic rings. The normalized spacial score (nSPS) is 40.7. The van der Waals surface area contributed by atoms with Gasteiger partial charge in [0.25, 0.3) is 0 Å². The lowest BCUT2D eigenvalue weighted by molar-refractivity contribution is -0.539. The van der Waals surface area contributed by atoms with Crippen molar-refractivity contribution in [3.63, 3.8) is 0 Å². The van der Waals surface area contributed by atoms with Gasteiger partial charge in [0.15, 0.2) is 12.3 Å². The first-order valence-electron chi connectivity index (χ1n) is 13.6. The van der Waals surface area contributed by atoms with Gasteiger partial charge < -0.3 is 171 Å². The molecule has 0 bridgehead atoms. The number of hydrogen-bond acceptors (Lipinski definition) is 9. The summed E-state index contributed by atoms with van der Waals surface area (Å²) in [5.74, 6) is 0. The Morgan fingerprint density at radius 1 is 0.600 bits per heavy atom. The van der Waals surface area contributed by atoms with Crippen molar-refractivity contribution in [1.82, 2.24) is 0 Å². The lowest BCUT2D eigenvalue weighted by Crippen LogP contribution is -3.00. The van der Waals surface area contributed by atoms with E-state index in [4.69, 9.17) is 28.4 Å². The maximum atomic E-state index is 11.2. The van der Waals surface area contributed by atoms with E-state index in [0.29, 0.717) is 32.7 Å². The van der Waals surface area contributed by atoms with Crippen LogP contribution in [0.1, 0.15) is 13.3 Å². The van der Waals surface area contributed by atoms with Gasteiger partial charge in [0.05, 0.1) is 32.7 Å². The molecule has 23 heteroatoms. The van der Waals surface area contributed by atoms with E-state index in [1.807, 2.05) is 6.92 Å². The molecule has 1 aliphatic carbocycles. The third kappa shape index (κ3) is 13.6. The molecule has 15 atom stereocenters. The van der Waals surface area contributed by atoms with Crippen LogP contribution in [0, 0.1) is 0 Å². The van der Waals surface area contributed by atoms with Crippen LogP contribution in [0.25, 0.3) is 0 Å². The maximum absolute atomic E-state index is 11.2. The Labute approximate surface area is 307 Å². The molecule has 0 spiro atoms. The number of aliphatic hydroxyl groups excluding tert-OH is 3. The summed E-state index contributed by atoms with van der Waals surface area (Å²) in [6.07, 6.45) is -8.49. The quantitative estimate of drug-likeness (QED) is 0.0947. The highest BCUT2D eigenvalue weighted by molar-refractivity contribution is 4.98. The summed E-state index contributed by atoms with van der Waals surface area (Å²) in [4.78, 5) is 0. The lowest BCUT2D eigenvalue weighted by Gasteiger charge is -2.47. The van der Waals surface area contributed by atoms with E-state index >= 15 is 0 Å². The van der Waals surface area contributed by atoms with Crippen molar-refractivity contribution in [3.05, 3.63) is 0 Å². The summed E-state index contributed by atoms with van der Waals surface area (Å²) in [6, 6.07) is -1.72. The van der Waals surface area contributed by atoms with E-state index in [1.165, 1.54) is 0 Å². The second kappa shape index (κ2) is 26.2. The van der Waals surface area contributed by atoms with E-state index in [2.05, 4.69) is 40.1 Å². The first kappa shape index (κ1) is 55.8. The van der Waals surface area contributed by atoms with Crippen LogP contribution in [0.4, 0.5) is 0 Å². The highest BCUT2D eigenvalue weighted by atomic mass is 35.5. The molecule has 24 N–H and O–H groups in total. The van der Waals surface area contributed by atoms with Gasteiger partial charge in [-0.1, -0.05) is 0 Å². The van der Waals surface area contributed by atoms with E-state index in [-0.39, 0.29) is 118 Å². The molecule has 3 aliphatic rings. The number of ether oxygens (including phenoxy) is 6. The molecule has 3 rings (SSSR count). The van der Waals surface area contributed by atoms with Crippen LogP contribution in [0.2, 0.25) is 0 Å².